The van der Waals surface area contributed by atoms with Crippen LogP contribution in [0.4, 0.5) is 0 Å². The number of ether oxygens (including phenoxy) is 6. The number of aromatic nitrogens is 2. The second kappa shape index (κ2) is 18.9. The van der Waals surface area contributed by atoms with Crippen molar-refractivity contribution >= 4 is 16.1 Å². The Morgan fingerprint density at radius 1 is 0.964 bits per heavy atom. The lowest BCUT2D eigenvalue weighted by molar-refractivity contribution is -0.183. The fourth-order valence-electron chi connectivity index (χ4n) is 6.11. The summed E-state index contributed by atoms with van der Waals surface area (Å²) in [4.78, 5) is 40.1. The highest BCUT2D eigenvalue weighted by Gasteiger charge is 2.59. The summed E-state index contributed by atoms with van der Waals surface area (Å²) in [7, 11) is -2.86. The molecule has 0 radical (unpaired) electrons. The van der Waals surface area contributed by atoms with Crippen molar-refractivity contribution in [3.8, 4) is 0 Å². The zero-order chi connectivity index (χ0) is 39.6. The van der Waals surface area contributed by atoms with Crippen LogP contribution in [0.5, 0.6) is 0 Å². The second-order valence-electron chi connectivity index (χ2n) is 13.5. The minimum Gasteiger partial charge on any atom is -0.466 e. The summed E-state index contributed by atoms with van der Waals surface area (Å²) in [5, 5.41) is 0. The molecule has 1 aliphatic rings. The normalized spacial score (nSPS) is 20.9. The van der Waals surface area contributed by atoms with Crippen molar-refractivity contribution in [2.75, 3.05) is 33.5 Å². The van der Waals surface area contributed by atoms with Crippen LogP contribution >= 0.6 is 0 Å². The molecule has 1 aromatic heterocycles. The summed E-state index contributed by atoms with van der Waals surface area (Å²) in [6.07, 6.45) is -3.32. The highest BCUT2D eigenvalue weighted by molar-refractivity contribution is 7.86. The third-order valence-electron chi connectivity index (χ3n) is 9.19. The van der Waals surface area contributed by atoms with E-state index in [4.69, 9.17) is 32.6 Å². The van der Waals surface area contributed by atoms with E-state index in [2.05, 4.69) is 4.98 Å². The average Bonchev–Trinajstić information content (AvgIpc) is 3.47. The number of H-pyrrole nitrogens is 1. The number of methoxy groups -OCH3 is 1. The fraction of sp³-hybridized carbons (Fsp3) is 0.425. The van der Waals surface area contributed by atoms with E-state index in [1.165, 1.54) is 43.9 Å². The Morgan fingerprint density at radius 3 is 2.29 bits per heavy atom. The van der Waals surface area contributed by atoms with Gasteiger partial charge in [-0.15, -0.1) is 0 Å². The molecule has 0 saturated carbocycles. The van der Waals surface area contributed by atoms with Crippen LogP contribution in [0.2, 0.25) is 0 Å². The number of hydrogen-bond donors (Lipinski definition) is 1. The van der Waals surface area contributed by atoms with E-state index in [9.17, 15) is 22.8 Å². The van der Waals surface area contributed by atoms with E-state index < -0.39 is 70.2 Å². The lowest BCUT2D eigenvalue weighted by Crippen LogP contribution is -2.53. The van der Waals surface area contributed by atoms with Gasteiger partial charge in [-0.2, -0.15) is 8.42 Å². The molecule has 6 atom stereocenters. The molecule has 0 amide bonds. The van der Waals surface area contributed by atoms with Crippen LogP contribution in [0.1, 0.15) is 54.9 Å². The molecule has 296 valence electrons. The summed E-state index contributed by atoms with van der Waals surface area (Å²) in [6, 6.07) is 24.7. The van der Waals surface area contributed by atoms with Gasteiger partial charge in [0.15, 0.2) is 6.23 Å². The van der Waals surface area contributed by atoms with Gasteiger partial charge in [-0.1, -0.05) is 78.4 Å². The zero-order valence-electron chi connectivity index (χ0n) is 31.5. The van der Waals surface area contributed by atoms with Crippen LogP contribution < -0.4 is 11.2 Å². The van der Waals surface area contributed by atoms with Crippen LogP contribution in [0.15, 0.2) is 106 Å². The van der Waals surface area contributed by atoms with Crippen molar-refractivity contribution in [3.05, 3.63) is 134 Å². The first-order valence-corrected chi connectivity index (χ1v) is 19.3. The number of nitrogens with one attached hydrogen (secondary N) is 1. The van der Waals surface area contributed by atoms with Crippen molar-refractivity contribution in [1.82, 2.24) is 9.55 Å². The number of rotatable bonds is 19. The third-order valence-corrected chi connectivity index (χ3v) is 10.5. The SMILES string of the molecule is COC(C)CO[C@H]1[C@H](n2cc(C)c(=O)[nH]c2=O)O[C@@](COCc2ccccc2)(COS(=O)(=O)c2ccc(C)cc2)[C@H]1OC(CCOC(C)=O)c1ccccc1. The fourth-order valence-corrected chi connectivity index (χ4v) is 7.07. The maximum Gasteiger partial charge on any atom is 0.330 e. The van der Waals surface area contributed by atoms with E-state index >= 15 is 0 Å². The number of benzene rings is 3. The Balaban J connectivity index is 1.66. The standard InChI is InChI=1S/C40H48N2O12S/c1-27-16-18-33(19-17-27)55(46,47)52-26-40(25-49-24-31-12-8-6-9-13-31)36(53-34(20-21-50-30(4)43)32-14-10-7-11-15-32)35(51-23-29(3)48-5)38(54-40)42-22-28(2)37(44)41-39(42)45/h6-19,22,29,34-36,38H,20-21,23-26H2,1-5H3,(H,41,44,45)/t29?,34?,35-,36+,38-,40+/m1/s1. The van der Waals surface area contributed by atoms with Crippen LogP contribution in [0, 0.1) is 13.8 Å². The lowest BCUT2D eigenvalue weighted by Gasteiger charge is -2.37. The van der Waals surface area contributed by atoms with Gasteiger partial charge >= 0.3 is 11.7 Å². The number of carbonyl (C=O) groups excluding carboxylic acids is 1. The number of nitrogens with zero attached hydrogens (tertiary/aromatic N) is 1. The van der Waals surface area contributed by atoms with Crippen molar-refractivity contribution in [2.24, 2.45) is 0 Å². The molecule has 2 heterocycles. The van der Waals surface area contributed by atoms with Gasteiger partial charge in [0.05, 0.1) is 43.5 Å². The molecular weight excluding hydrogens is 733 g/mol. The number of aromatic amines is 1. The predicted molar refractivity (Wildman–Crippen MR) is 201 cm³/mol. The van der Waals surface area contributed by atoms with Gasteiger partial charge in [0.1, 0.15) is 24.4 Å². The Hall–Kier alpha value is -4.48. The molecular formula is C40H48N2O12S. The first-order valence-electron chi connectivity index (χ1n) is 17.9. The summed E-state index contributed by atoms with van der Waals surface area (Å²) < 4.78 is 72.0. The monoisotopic (exact) mass is 780 g/mol. The van der Waals surface area contributed by atoms with Crippen LogP contribution in [-0.4, -0.2) is 81.4 Å². The molecule has 0 bridgehead atoms. The lowest BCUT2D eigenvalue weighted by atomic mass is 9.95. The molecule has 4 aromatic rings. The number of esters is 1. The quantitative estimate of drug-likeness (QED) is 0.104. The molecule has 1 saturated heterocycles. The molecule has 5 rings (SSSR count). The van der Waals surface area contributed by atoms with Crippen molar-refractivity contribution in [3.63, 3.8) is 0 Å². The third kappa shape index (κ3) is 10.9. The molecule has 15 heteroatoms. The smallest absolute Gasteiger partial charge is 0.330 e. The summed E-state index contributed by atoms with van der Waals surface area (Å²) in [5.74, 6) is -0.475. The molecule has 1 aliphatic heterocycles. The topological polar surface area (TPSA) is 171 Å². The molecule has 55 heavy (non-hydrogen) atoms. The first-order chi connectivity index (χ1) is 26.3. The first kappa shape index (κ1) is 41.7. The highest BCUT2D eigenvalue weighted by atomic mass is 32.2. The largest absolute Gasteiger partial charge is 0.466 e. The molecule has 0 aliphatic carbocycles. The van der Waals surface area contributed by atoms with Gasteiger partial charge in [-0.05, 0) is 44.0 Å². The Kier molecular flexibility index (Phi) is 14.3. The van der Waals surface area contributed by atoms with E-state index in [1.54, 1.807) is 19.1 Å². The minimum atomic E-state index is -4.38. The molecule has 3 aromatic carbocycles. The highest BCUT2D eigenvalue weighted by Crippen LogP contribution is 2.44. The predicted octanol–water partition coefficient (Wildman–Crippen LogP) is 4.54. The number of aryl methyl sites for hydroxylation is 2. The van der Waals surface area contributed by atoms with E-state index in [0.717, 1.165) is 11.1 Å². The van der Waals surface area contributed by atoms with Crippen molar-refractivity contribution < 1.29 is 45.8 Å². The Bertz CT molecular complexity index is 2070. The van der Waals surface area contributed by atoms with Gasteiger partial charge in [0, 0.05) is 32.2 Å². The van der Waals surface area contributed by atoms with E-state index in [1.807, 2.05) is 67.6 Å². The summed E-state index contributed by atoms with van der Waals surface area (Å²) in [6.45, 7) is 5.63. The van der Waals surface area contributed by atoms with E-state index in [0.29, 0.717) is 5.56 Å². The Labute approximate surface area is 320 Å². The minimum absolute atomic E-state index is 0.00486. The van der Waals surface area contributed by atoms with Gasteiger partial charge in [0.2, 0.25) is 0 Å². The van der Waals surface area contributed by atoms with E-state index in [-0.39, 0.29) is 43.3 Å². The van der Waals surface area contributed by atoms with Crippen LogP contribution in [-0.2, 0) is 54.1 Å². The maximum atomic E-state index is 13.8. The Morgan fingerprint density at radius 2 is 1.64 bits per heavy atom. The molecule has 1 fully saturated rings. The molecule has 1 N–H and O–H groups in total. The van der Waals surface area contributed by atoms with Crippen LogP contribution in [0.3, 0.4) is 0 Å². The molecule has 14 nitrogen and oxygen atoms in total. The van der Waals surface area contributed by atoms with Crippen molar-refractivity contribution in [1.29, 1.82) is 0 Å². The zero-order valence-corrected chi connectivity index (χ0v) is 32.4. The van der Waals surface area contributed by atoms with Gasteiger partial charge in [-0.3, -0.25) is 23.3 Å². The number of hydrogen-bond acceptors (Lipinski definition) is 12. The van der Waals surface area contributed by atoms with Gasteiger partial charge in [0.25, 0.3) is 15.7 Å². The molecule has 2 unspecified atom stereocenters. The second-order valence-corrected chi connectivity index (χ2v) is 15.1. The van der Waals surface area contributed by atoms with Crippen LogP contribution in [0.25, 0.3) is 0 Å². The average molecular weight is 781 g/mol. The maximum absolute atomic E-state index is 13.8. The summed E-state index contributed by atoms with van der Waals surface area (Å²) >= 11 is 0. The number of carbonyl (C=O) groups is 1. The van der Waals surface area contributed by atoms with Crippen molar-refractivity contribution in [2.45, 2.75) is 81.9 Å². The van der Waals surface area contributed by atoms with Gasteiger partial charge in [-0.25, -0.2) is 4.79 Å². The summed E-state index contributed by atoms with van der Waals surface area (Å²) in [5.41, 5.74) is -0.552. The van der Waals surface area contributed by atoms with Gasteiger partial charge < -0.3 is 28.4 Å². The molecule has 0 spiro atoms.